The summed E-state index contributed by atoms with van der Waals surface area (Å²) in [6.45, 7) is 1.18. The molecule has 0 radical (unpaired) electrons. The molecule has 0 aliphatic carbocycles. The summed E-state index contributed by atoms with van der Waals surface area (Å²) in [6.07, 6.45) is 0. The first kappa shape index (κ1) is 25.1. The molecule has 3 aromatic rings. The highest BCUT2D eigenvalue weighted by Crippen LogP contribution is 2.27. The minimum atomic E-state index is -0.814. The number of hydrogen-bond acceptors (Lipinski definition) is 7. The summed E-state index contributed by atoms with van der Waals surface area (Å²) in [5.41, 5.74) is 1.72. The highest BCUT2D eigenvalue weighted by atomic mass is 16.5. The van der Waals surface area contributed by atoms with Gasteiger partial charge in [0, 0.05) is 5.69 Å². The molecule has 0 aromatic heterocycles. The lowest BCUT2D eigenvalue weighted by molar-refractivity contribution is -0.121. The molecule has 0 atom stereocenters. The second kappa shape index (κ2) is 11.2. The molecule has 37 heavy (non-hydrogen) atoms. The molecule has 0 unspecified atom stereocenters. The summed E-state index contributed by atoms with van der Waals surface area (Å²) < 4.78 is 10.8. The number of nitrogens with zero attached hydrogens (tertiary/aromatic N) is 3. The van der Waals surface area contributed by atoms with Crippen molar-refractivity contribution in [2.75, 3.05) is 24.7 Å². The van der Waals surface area contributed by atoms with Crippen LogP contribution in [0.25, 0.3) is 0 Å². The normalized spacial score (nSPS) is 12.1. The second-order valence-electron chi connectivity index (χ2n) is 8.06. The number of esters is 1. The van der Waals surface area contributed by atoms with Gasteiger partial charge >= 0.3 is 5.97 Å². The third kappa shape index (κ3) is 5.33. The van der Waals surface area contributed by atoms with Gasteiger partial charge in [-0.3, -0.25) is 24.2 Å². The minimum absolute atomic E-state index is 0.0512. The molecule has 0 fully saturated rings. The van der Waals surface area contributed by atoms with Crippen LogP contribution in [-0.4, -0.2) is 48.3 Å². The molecule has 3 amide bonds. The zero-order valence-electron chi connectivity index (χ0n) is 20.0. The molecule has 9 heteroatoms. The van der Waals surface area contributed by atoms with Crippen LogP contribution in [0.2, 0.25) is 0 Å². The van der Waals surface area contributed by atoms with Gasteiger partial charge in [-0.15, -0.1) is 0 Å². The fourth-order valence-electron chi connectivity index (χ4n) is 3.97. The number of benzene rings is 3. The number of imide groups is 1. The van der Waals surface area contributed by atoms with Crippen LogP contribution in [0.5, 0.6) is 5.75 Å². The van der Waals surface area contributed by atoms with E-state index < -0.39 is 30.3 Å². The van der Waals surface area contributed by atoms with Crippen molar-refractivity contribution in [3.63, 3.8) is 0 Å². The predicted octanol–water partition coefficient (Wildman–Crippen LogP) is 3.60. The van der Waals surface area contributed by atoms with Crippen LogP contribution >= 0.6 is 0 Å². The van der Waals surface area contributed by atoms with Crippen LogP contribution in [-0.2, 0) is 16.1 Å². The molecule has 1 aliphatic rings. The van der Waals surface area contributed by atoms with Crippen molar-refractivity contribution >= 4 is 29.4 Å². The van der Waals surface area contributed by atoms with Crippen LogP contribution in [0.3, 0.4) is 0 Å². The highest BCUT2D eigenvalue weighted by molar-refractivity contribution is 6.21. The van der Waals surface area contributed by atoms with Crippen molar-refractivity contribution in [2.45, 2.75) is 13.5 Å². The minimum Gasteiger partial charge on any atom is -0.493 e. The number of fused-ring (bicyclic) bond motifs is 1. The van der Waals surface area contributed by atoms with Gasteiger partial charge in [-0.2, -0.15) is 5.26 Å². The third-order valence-corrected chi connectivity index (χ3v) is 5.71. The number of para-hydroxylation sites is 1. The summed E-state index contributed by atoms with van der Waals surface area (Å²) in [5, 5.41) is 9.12. The maximum Gasteiger partial charge on any atom is 0.342 e. The maximum absolute atomic E-state index is 13.0. The number of nitriles is 1. The third-order valence-electron chi connectivity index (χ3n) is 5.71. The Hall–Kier alpha value is -4.97. The lowest BCUT2D eigenvalue weighted by Crippen LogP contribution is -2.35. The van der Waals surface area contributed by atoms with Crippen LogP contribution < -0.4 is 9.64 Å². The van der Waals surface area contributed by atoms with Crippen LogP contribution in [0.1, 0.15) is 43.6 Å². The summed E-state index contributed by atoms with van der Waals surface area (Å²) in [7, 11) is 0. The number of rotatable bonds is 9. The number of carbonyl (C=O) groups excluding carboxylic acids is 4. The molecule has 4 rings (SSSR count). The monoisotopic (exact) mass is 497 g/mol. The van der Waals surface area contributed by atoms with E-state index in [1.165, 1.54) is 11.0 Å². The van der Waals surface area contributed by atoms with Crippen molar-refractivity contribution in [1.29, 1.82) is 5.26 Å². The van der Waals surface area contributed by atoms with Gasteiger partial charge in [0.25, 0.3) is 17.7 Å². The van der Waals surface area contributed by atoms with Crippen LogP contribution in [0.4, 0.5) is 5.69 Å². The van der Waals surface area contributed by atoms with Crippen molar-refractivity contribution in [2.24, 2.45) is 0 Å². The molecular formula is C28H23N3O6. The number of ether oxygens (including phenoxy) is 2. The SMILES string of the molecule is CCOc1ccc(CN2C(=O)c3ccccc3C2=O)cc1C(=O)OCC(=O)N(CC#N)c1ccccc1. The van der Waals surface area contributed by atoms with Gasteiger partial charge in [-0.25, -0.2) is 4.79 Å². The van der Waals surface area contributed by atoms with Crippen LogP contribution in [0, 0.1) is 11.3 Å². The second-order valence-corrected chi connectivity index (χ2v) is 8.06. The van der Waals surface area contributed by atoms with Crippen molar-refractivity contribution in [3.05, 3.63) is 95.1 Å². The Morgan fingerprint density at radius 1 is 0.946 bits per heavy atom. The molecule has 0 saturated carbocycles. The topological polar surface area (TPSA) is 117 Å². The molecule has 9 nitrogen and oxygen atoms in total. The first-order valence-corrected chi connectivity index (χ1v) is 11.5. The predicted molar refractivity (Wildman–Crippen MR) is 133 cm³/mol. The largest absolute Gasteiger partial charge is 0.493 e. The zero-order chi connectivity index (χ0) is 26.4. The number of carbonyl (C=O) groups is 4. The first-order valence-electron chi connectivity index (χ1n) is 11.5. The Kier molecular flexibility index (Phi) is 7.59. The van der Waals surface area contributed by atoms with E-state index in [2.05, 4.69) is 0 Å². The maximum atomic E-state index is 13.0. The summed E-state index contributed by atoms with van der Waals surface area (Å²) >= 11 is 0. The fourth-order valence-corrected chi connectivity index (χ4v) is 3.97. The van der Waals surface area contributed by atoms with E-state index in [0.29, 0.717) is 22.4 Å². The van der Waals surface area contributed by atoms with Gasteiger partial charge in [0.1, 0.15) is 17.9 Å². The van der Waals surface area contributed by atoms with Gasteiger partial charge in [-0.05, 0) is 48.9 Å². The summed E-state index contributed by atoms with van der Waals surface area (Å²) in [4.78, 5) is 53.5. The first-order chi connectivity index (χ1) is 17.9. The molecule has 186 valence electrons. The Morgan fingerprint density at radius 3 is 2.22 bits per heavy atom. The Labute approximate surface area is 213 Å². The molecule has 1 heterocycles. The van der Waals surface area contributed by atoms with E-state index in [4.69, 9.17) is 14.7 Å². The highest BCUT2D eigenvalue weighted by Gasteiger charge is 2.35. The average Bonchev–Trinajstić information content (AvgIpc) is 3.16. The number of hydrogen-bond donors (Lipinski definition) is 0. The standard InChI is InChI=1S/C28H23N3O6/c1-2-36-24-13-12-19(17-31-26(33)21-10-6-7-11-22(21)27(31)34)16-23(24)28(35)37-18-25(32)30(15-14-29)20-8-4-3-5-9-20/h3-13,16H,2,15,17-18H2,1H3. The van der Waals surface area contributed by atoms with Crippen molar-refractivity contribution in [3.8, 4) is 11.8 Å². The van der Waals surface area contributed by atoms with E-state index in [0.717, 1.165) is 4.90 Å². The lowest BCUT2D eigenvalue weighted by Gasteiger charge is -2.20. The van der Waals surface area contributed by atoms with Gasteiger partial charge in [0.15, 0.2) is 6.61 Å². The van der Waals surface area contributed by atoms with E-state index >= 15 is 0 Å². The molecule has 1 aliphatic heterocycles. The lowest BCUT2D eigenvalue weighted by atomic mass is 10.1. The van der Waals surface area contributed by atoms with E-state index in [1.54, 1.807) is 73.7 Å². The molecule has 0 bridgehead atoms. The van der Waals surface area contributed by atoms with Gasteiger partial charge in [0.2, 0.25) is 0 Å². The summed E-state index contributed by atoms with van der Waals surface area (Å²) in [5.74, 6) is -1.97. The molecular weight excluding hydrogens is 474 g/mol. The van der Waals surface area contributed by atoms with Crippen LogP contribution in [0.15, 0.2) is 72.8 Å². The molecule has 0 N–H and O–H groups in total. The molecule has 0 spiro atoms. The Bertz CT molecular complexity index is 1360. The molecule has 0 saturated heterocycles. The Balaban J connectivity index is 1.51. The zero-order valence-corrected chi connectivity index (χ0v) is 20.0. The Morgan fingerprint density at radius 2 is 1.59 bits per heavy atom. The van der Waals surface area contributed by atoms with Gasteiger partial charge in [0.05, 0.1) is 30.3 Å². The van der Waals surface area contributed by atoms with Crippen molar-refractivity contribution in [1.82, 2.24) is 4.90 Å². The van der Waals surface area contributed by atoms with E-state index in [1.807, 2.05) is 6.07 Å². The quantitative estimate of drug-likeness (QED) is 0.252. The van der Waals surface area contributed by atoms with E-state index in [9.17, 15) is 19.2 Å². The number of amides is 3. The molecule has 3 aromatic carbocycles. The van der Waals surface area contributed by atoms with Gasteiger partial charge < -0.3 is 9.47 Å². The van der Waals surface area contributed by atoms with Gasteiger partial charge in [-0.1, -0.05) is 36.4 Å². The average molecular weight is 498 g/mol. The van der Waals surface area contributed by atoms with Crippen molar-refractivity contribution < 1.29 is 28.7 Å². The van der Waals surface area contributed by atoms with E-state index in [-0.39, 0.29) is 31.0 Å². The number of anilines is 1. The smallest absolute Gasteiger partial charge is 0.342 e. The summed E-state index contributed by atoms with van der Waals surface area (Å²) in [6, 6.07) is 21.8. The fraction of sp³-hybridized carbons (Fsp3) is 0.179.